The highest BCUT2D eigenvalue weighted by molar-refractivity contribution is 6.33. The summed E-state index contributed by atoms with van der Waals surface area (Å²) in [6.45, 7) is 3.46. The Morgan fingerprint density at radius 3 is 2.59 bits per heavy atom. The Labute approximate surface area is 131 Å². The van der Waals surface area contributed by atoms with Crippen LogP contribution in [0.15, 0.2) is 39.4 Å². The van der Waals surface area contributed by atoms with Crippen molar-refractivity contribution < 1.29 is 13.8 Å². The summed E-state index contributed by atoms with van der Waals surface area (Å²) in [5.74, 6) is 1.42. The zero-order valence-corrected chi connectivity index (χ0v) is 12.7. The predicted octanol–water partition coefficient (Wildman–Crippen LogP) is 3.89. The average Bonchev–Trinajstić information content (AvgIpc) is 3.09. The number of carbonyl (C=O) groups excluding carboxylic acids is 1. The largest absolute Gasteiger partial charge is 0.360 e. The first-order valence-electron chi connectivity index (χ1n) is 6.51. The van der Waals surface area contributed by atoms with Gasteiger partial charge in [-0.05, 0) is 19.9 Å². The zero-order chi connectivity index (χ0) is 15.7. The Bertz CT molecular complexity index is 825. The van der Waals surface area contributed by atoms with Crippen LogP contribution in [-0.2, 0) is 4.79 Å². The molecule has 1 aromatic carbocycles. The van der Waals surface area contributed by atoms with Gasteiger partial charge in [0.1, 0.15) is 17.1 Å². The van der Waals surface area contributed by atoms with E-state index in [9.17, 15) is 4.79 Å². The van der Waals surface area contributed by atoms with Crippen LogP contribution in [0.4, 0.5) is 11.5 Å². The minimum Gasteiger partial charge on any atom is -0.360 e. The van der Waals surface area contributed by atoms with E-state index in [1.54, 1.807) is 32.0 Å². The lowest BCUT2D eigenvalue weighted by Gasteiger charge is -2.14. The molecule has 3 rings (SSSR count). The van der Waals surface area contributed by atoms with Crippen LogP contribution < -0.4 is 4.90 Å². The molecule has 0 aliphatic rings. The minimum atomic E-state index is 0.354. The van der Waals surface area contributed by atoms with E-state index in [0.29, 0.717) is 45.7 Å². The molecular weight excluding hydrogens is 306 g/mol. The second-order valence-corrected chi connectivity index (χ2v) is 5.09. The first-order valence-corrected chi connectivity index (χ1v) is 6.88. The number of halogens is 1. The molecule has 0 unspecified atom stereocenters. The molecule has 7 heteroatoms. The molecule has 0 aliphatic heterocycles. The van der Waals surface area contributed by atoms with Crippen molar-refractivity contribution in [2.45, 2.75) is 13.8 Å². The summed E-state index contributed by atoms with van der Waals surface area (Å²) < 4.78 is 10.3. The van der Waals surface area contributed by atoms with Gasteiger partial charge in [0.15, 0.2) is 11.6 Å². The molecule has 2 aromatic heterocycles. The molecule has 0 aliphatic carbocycles. The van der Waals surface area contributed by atoms with Crippen LogP contribution in [-0.4, -0.2) is 16.7 Å². The molecule has 0 saturated heterocycles. The molecular formula is C15H12ClN3O3. The van der Waals surface area contributed by atoms with E-state index in [0.717, 1.165) is 0 Å². The van der Waals surface area contributed by atoms with Gasteiger partial charge in [0, 0.05) is 11.6 Å². The van der Waals surface area contributed by atoms with Crippen LogP contribution in [0.2, 0.25) is 5.02 Å². The number of rotatable bonds is 4. The molecule has 0 N–H and O–H groups in total. The van der Waals surface area contributed by atoms with Gasteiger partial charge in [-0.15, -0.1) is 0 Å². The highest BCUT2D eigenvalue weighted by Gasteiger charge is 2.25. The van der Waals surface area contributed by atoms with E-state index in [-0.39, 0.29) is 0 Å². The maximum atomic E-state index is 11.6. The van der Waals surface area contributed by atoms with Gasteiger partial charge in [-0.25, -0.2) is 0 Å². The van der Waals surface area contributed by atoms with Gasteiger partial charge in [-0.1, -0.05) is 40.1 Å². The maximum Gasteiger partial charge on any atom is 0.220 e. The van der Waals surface area contributed by atoms with E-state index < -0.39 is 0 Å². The number of amides is 1. The summed E-state index contributed by atoms with van der Waals surface area (Å²) in [5, 5.41) is 8.40. The predicted molar refractivity (Wildman–Crippen MR) is 81.1 cm³/mol. The third kappa shape index (κ3) is 2.37. The number of anilines is 2. The number of hydrogen-bond acceptors (Lipinski definition) is 5. The van der Waals surface area contributed by atoms with Crippen LogP contribution in [0.3, 0.4) is 0 Å². The van der Waals surface area contributed by atoms with Gasteiger partial charge in [-0.3, -0.25) is 9.69 Å². The first kappa shape index (κ1) is 14.3. The number of aromatic nitrogens is 2. The lowest BCUT2D eigenvalue weighted by Crippen LogP contribution is -2.15. The van der Waals surface area contributed by atoms with Crippen molar-refractivity contribution in [1.29, 1.82) is 0 Å². The fourth-order valence-electron chi connectivity index (χ4n) is 2.17. The highest BCUT2D eigenvalue weighted by atomic mass is 35.5. The number of aryl methyl sites for hydroxylation is 2. The number of carbonyl (C=O) groups is 1. The second-order valence-electron chi connectivity index (χ2n) is 4.69. The number of hydrogen-bond donors (Lipinski definition) is 0. The summed E-state index contributed by atoms with van der Waals surface area (Å²) in [6, 6.07) is 8.85. The summed E-state index contributed by atoms with van der Waals surface area (Å²) in [6.07, 6.45) is 0.636. The number of nitrogens with zero attached hydrogens (tertiary/aromatic N) is 3. The van der Waals surface area contributed by atoms with Crippen molar-refractivity contribution in [3.63, 3.8) is 0 Å². The SMILES string of the molecule is Cc1cc(N(C=O)c2c(-c3ccccc3Cl)noc2C)no1. The van der Waals surface area contributed by atoms with Crippen molar-refractivity contribution in [3.05, 3.63) is 46.9 Å². The maximum absolute atomic E-state index is 11.6. The van der Waals surface area contributed by atoms with Crippen molar-refractivity contribution in [2.24, 2.45) is 0 Å². The highest BCUT2D eigenvalue weighted by Crippen LogP contribution is 2.38. The Kier molecular flexibility index (Phi) is 3.68. The molecule has 0 fully saturated rings. The summed E-state index contributed by atoms with van der Waals surface area (Å²) in [4.78, 5) is 12.9. The molecule has 0 atom stereocenters. The lowest BCUT2D eigenvalue weighted by atomic mass is 10.1. The van der Waals surface area contributed by atoms with Crippen LogP contribution in [0.1, 0.15) is 11.5 Å². The fraction of sp³-hybridized carbons (Fsp3) is 0.133. The molecule has 2 heterocycles. The van der Waals surface area contributed by atoms with E-state index in [1.165, 1.54) is 4.90 Å². The topological polar surface area (TPSA) is 72.4 Å². The smallest absolute Gasteiger partial charge is 0.220 e. The van der Waals surface area contributed by atoms with Crippen LogP contribution in [0.5, 0.6) is 0 Å². The molecule has 1 amide bonds. The molecule has 0 bridgehead atoms. The molecule has 0 spiro atoms. The standard InChI is InChI=1S/C15H12ClN3O3/c1-9-7-13(17-21-9)19(8-20)15-10(2)22-18-14(15)11-5-3-4-6-12(11)16/h3-8H,1-2H3. The molecule has 0 saturated carbocycles. The lowest BCUT2D eigenvalue weighted by molar-refractivity contribution is -0.106. The summed E-state index contributed by atoms with van der Waals surface area (Å²) in [5.41, 5.74) is 1.62. The Morgan fingerprint density at radius 1 is 1.18 bits per heavy atom. The average molecular weight is 318 g/mol. The van der Waals surface area contributed by atoms with Gasteiger partial charge in [0.05, 0.1) is 5.02 Å². The van der Waals surface area contributed by atoms with E-state index in [4.69, 9.17) is 20.6 Å². The summed E-state index contributed by atoms with van der Waals surface area (Å²) in [7, 11) is 0. The third-order valence-electron chi connectivity index (χ3n) is 3.17. The number of benzene rings is 1. The van der Waals surface area contributed by atoms with Gasteiger partial charge >= 0.3 is 0 Å². The quantitative estimate of drug-likeness (QED) is 0.682. The van der Waals surface area contributed by atoms with Gasteiger partial charge in [-0.2, -0.15) is 0 Å². The van der Waals surface area contributed by atoms with Gasteiger partial charge in [0.25, 0.3) is 0 Å². The van der Waals surface area contributed by atoms with Crippen molar-refractivity contribution in [3.8, 4) is 11.3 Å². The van der Waals surface area contributed by atoms with Crippen LogP contribution in [0.25, 0.3) is 11.3 Å². The van der Waals surface area contributed by atoms with E-state index in [2.05, 4.69) is 10.3 Å². The molecule has 22 heavy (non-hydrogen) atoms. The van der Waals surface area contributed by atoms with Crippen molar-refractivity contribution >= 4 is 29.5 Å². The summed E-state index contributed by atoms with van der Waals surface area (Å²) >= 11 is 6.22. The van der Waals surface area contributed by atoms with Crippen LogP contribution in [0, 0.1) is 13.8 Å². The molecule has 0 radical (unpaired) electrons. The van der Waals surface area contributed by atoms with E-state index >= 15 is 0 Å². The minimum absolute atomic E-state index is 0.354. The van der Waals surface area contributed by atoms with Crippen LogP contribution >= 0.6 is 11.6 Å². The van der Waals surface area contributed by atoms with Crippen molar-refractivity contribution in [1.82, 2.24) is 10.3 Å². The van der Waals surface area contributed by atoms with Crippen molar-refractivity contribution in [2.75, 3.05) is 4.90 Å². The van der Waals surface area contributed by atoms with E-state index in [1.807, 2.05) is 12.1 Å². The third-order valence-corrected chi connectivity index (χ3v) is 3.50. The molecule has 6 nitrogen and oxygen atoms in total. The zero-order valence-electron chi connectivity index (χ0n) is 11.9. The van der Waals surface area contributed by atoms with Gasteiger partial charge < -0.3 is 9.05 Å². The molecule has 3 aromatic rings. The molecule has 112 valence electrons. The Balaban J connectivity index is 2.17. The fourth-order valence-corrected chi connectivity index (χ4v) is 2.39. The monoisotopic (exact) mass is 317 g/mol. The van der Waals surface area contributed by atoms with Gasteiger partial charge in [0.2, 0.25) is 6.41 Å². The first-order chi connectivity index (χ1) is 10.6. The second kappa shape index (κ2) is 5.65. The Morgan fingerprint density at radius 2 is 1.95 bits per heavy atom. The normalized spacial score (nSPS) is 10.7. The Hall–Kier alpha value is -2.60.